The molecule has 1 aliphatic carbocycles. The van der Waals surface area contributed by atoms with Gasteiger partial charge in [-0.3, -0.25) is 4.79 Å². The van der Waals surface area contributed by atoms with E-state index in [9.17, 15) is 9.18 Å². The lowest BCUT2D eigenvalue weighted by Gasteiger charge is -2.18. The van der Waals surface area contributed by atoms with E-state index < -0.39 is 5.82 Å². The minimum Gasteiger partial charge on any atom is -0.371 e. The number of rotatable bonds is 2. The summed E-state index contributed by atoms with van der Waals surface area (Å²) in [6.07, 6.45) is 5.15. The van der Waals surface area contributed by atoms with Crippen LogP contribution in [0.15, 0.2) is 12.3 Å². The number of amides is 1. The van der Waals surface area contributed by atoms with Crippen molar-refractivity contribution in [3.05, 3.63) is 23.6 Å². The second-order valence-corrected chi connectivity index (χ2v) is 5.43. The molecule has 19 heavy (non-hydrogen) atoms. The highest BCUT2D eigenvalue weighted by molar-refractivity contribution is 5.95. The molecule has 5 heteroatoms. The van der Waals surface area contributed by atoms with Gasteiger partial charge in [0.2, 0.25) is 0 Å². The van der Waals surface area contributed by atoms with Crippen molar-refractivity contribution in [2.24, 2.45) is 11.8 Å². The number of likely N-dealkylation sites (tertiary alicyclic amines) is 1. The number of halogens is 1. The molecule has 2 unspecified atom stereocenters. The number of pyridine rings is 1. The predicted octanol–water partition coefficient (Wildman–Crippen LogP) is 2.13. The summed E-state index contributed by atoms with van der Waals surface area (Å²) < 4.78 is 14.1. The molecule has 0 spiro atoms. The van der Waals surface area contributed by atoms with E-state index in [1.54, 1.807) is 11.9 Å². The second kappa shape index (κ2) is 4.79. The van der Waals surface area contributed by atoms with Crippen LogP contribution in [0.25, 0.3) is 0 Å². The van der Waals surface area contributed by atoms with Crippen LogP contribution in [0.4, 0.5) is 10.2 Å². The fourth-order valence-corrected chi connectivity index (χ4v) is 3.35. The number of anilines is 1. The highest BCUT2D eigenvalue weighted by Gasteiger charge is 2.38. The van der Waals surface area contributed by atoms with Crippen LogP contribution < -0.4 is 5.32 Å². The SMILES string of the molecule is CNc1nccc(C(=O)N2CC3CCCC3C2)c1F. The molecule has 1 aromatic rings. The summed E-state index contributed by atoms with van der Waals surface area (Å²) >= 11 is 0. The summed E-state index contributed by atoms with van der Waals surface area (Å²) in [4.78, 5) is 18.1. The van der Waals surface area contributed by atoms with Crippen molar-refractivity contribution in [1.29, 1.82) is 0 Å². The molecule has 3 rings (SSSR count). The van der Waals surface area contributed by atoms with Crippen LogP contribution in [-0.2, 0) is 0 Å². The molecule has 1 N–H and O–H groups in total. The molecule has 1 aromatic heterocycles. The number of carbonyl (C=O) groups is 1. The predicted molar refractivity (Wildman–Crippen MR) is 70.5 cm³/mol. The minimum absolute atomic E-state index is 0.124. The summed E-state index contributed by atoms with van der Waals surface area (Å²) in [5.41, 5.74) is 0.124. The van der Waals surface area contributed by atoms with Crippen molar-refractivity contribution >= 4 is 11.7 Å². The van der Waals surface area contributed by atoms with E-state index in [0.29, 0.717) is 11.8 Å². The molecule has 2 aliphatic rings. The third kappa shape index (κ3) is 2.07. The van der Waals surface area contributed by atoms with Gasteiger partial charge in [-0.05, 0) is 30.7 Å². The van der Waals surface area contributed by atoms with Crippen LogP contribution in [0.3, 0.4) is 0 Å². The molecule has 0 aromatic carbocycles. The van der Waals surface area contributed by atoms with Gasteiger partial charge >= 0.3 is 0 Å². The number of hydrogen-bond donors (Lipinski definition) is 1. The Morgan fingerprint density at radius 1 is 1.42 bits per heavy atom. The molecule has 1 aliphatic heterocycles. The van der Waals surface area contributed by atoms with Crippen LogP contribution in [0.5, 0.6) is 0 Å². The number of nitrogens with zero attached hydrogens (tertiary/aromatic N) is 2. The summed E-state index contributed by atoms with van der Waals surface area (Å²) in [5.74, 6) is 0.623. The maximum absolute atomic E-state index is 14.1. The Morgan fingerprint density at radius 2 is 2.11 bits per heavy atom. The fraction of sp³-hybridized carbons (Fsp3) is 0.571. The van der Waals surface area contributed by atoms with Gasteiger partial charge in [0.1, 0.15) is 0 Å². The van der Waals surface area contributed by atoms with Gasteiger partial charge in [-0.15, -0.1) is 0 Å². The Morgan fingerprint density at radius 3 is 2.74 bits per heavy atom. The van der Waals surface area contributed by atoms with Crippen molar-refractivity contribution in [3.8, 4) is 0 Å². The first-order valence-electron chi connectivity index (χ1n) is 6.82. The highest BCUT2D eigenvalue weighted by Crippen LogP contribution is 2.38. The van der Waals surface area contributed by atoms with Gasteiger partial charge in [-0.2, -0.15) is 0 Å². The average molecular weight is 263 g/mol. The third-order valence-electron chi connectivity index (χ3n) is 4.37. The lowest BCUT2D eigenvalue weighted by atomic mass is 10.0. The molecule has 2 fully saturated rings. The molecular formula is C14H18FN3O. The normalized spacial score (nSPS) is 25.5. The topological polar surface area (TPSA) is 45.2 Å². The molecule has 2 heterocycles. The van der Waals surface area contributed by atoms with Gasteiger partial charge in [0, 0.05) is 26.3 Å². The van der Waals surface area contributed by atoms with Gasteiger partial charge in [-0.1, -0.05) is 6.42 Å². The number of fused-ring (bicyclic) bond motifs is 1. The zero-order valence-corrected chi connectivity index (χ0v) is 11.0. The lowest BCUT2D eigenvalue weighted by Crippen LogP contribution is -2.30. The summed E-state index contributed by atoms with van der Waals surface area (Å²) in [5, 5.41) is 2.66. The first kappa shape index (κ1) is 12.4. The van der Waals surface area contributed by atoms with E-state index in [1.165, 1.54) is 31.5 Å². The van der Waals surface area contributed by atoms with Crippen LogP contribution in [0.1, 0.15) is 29.6 Å². The van der Waals surface area contributed by atoms with E-state index in [2.05, 4.69) is 10.3 Å². The van der Waals surface area contributed by atoms with Gasteiger partial charge in [0.15, 0.2) is 11.6 Å². The van der Waals surface area contributed by atoms with E-state index in [4.69, 9.17) is 0 Å². The van der Waals surface area contributed by atoms with Crippen LogP contribution in [0, 0.1) is 17.7 Å². The van der Waals surface area contributed by atoms with Crippen molar-refractivity contribution in [3.63, 3.8) is 0 Å². The molecule has 1 saturated heterocycles. The Labute approximate surface area is 112 Å². The van der Waals surface area contributed by atoms with Crippen molar-refractivity contribution < 1.29 is 9.18 Å². The summed E-state index contributed by atoms with van der Waals surface area (Å²) in [6.45, 7) is 1.56. The quantitative estimate of drug-likeness (QED) is 0.889. The Bertz CT molecular complexity index is 493. The number of nitrogens with one attached hydrogen (secondary N) is 1. The summed E-state index contributed by atoms with van der Waals surface area (Å²) in [6, 6.07) is 1.46. The number of hydrogen-bond acceptors (Lipinski definition) is 3. The molecule has 4 nitrogen and oxygen atoms in total. The molecule has 1 amide bonds. The number of aromatic nitrogens is 1. The van der Waals surface area contributed by atoms with Crippen molar-refractivity contribution in [2.45, 2.75) is 19.3 Å². The third-order valence-corrected chi connectivity index (χ3v) is 4.37. The van der Waals surface area contributed by atoms with E-state index in [0.717, 1.165) is 13.1 Å². The number of carbonyl (C=O) groups excluding carboxylic acids is 1. The first-order valence-corrected chi connectivity index (χ1v) is 6.82. The fourth-order valence-electron chi connectivity index (χ4n) is 3.35. The van der Waals surface area contributed by atoms with Crippen LogP contribution in [0.2, 0.25) is 0 Å². The Kier molecular flexibility index (Phi) is 3.12. The van der Waals surface area contributed by atoms with Crippen LogP contribution in [-0.4, -0.2) is 35.9 Å². The lowest BCUT2D eigenvalue weighted by molar-refractivity contribution is 0.0776. The molecular weight excluding hydrogens is 245 g/mol. The minimum atomic E-state index is -0.549. The van der Waals surface area contributed by atoms with Gasteiger partial charge < -0.3 is 10.2 Å². The zero-order chi connectivity index (χ0) is 13.4. The zero-order valence-electron chi connectivity index (χ0n) is 11.0. The second-order valence-electron chi connectivity index (χ2n) is 5.43. The first-order chi connectivity index (χ1) is 9.20. The molecule has 0 radical (unpaired) electrons. The van der Waals surface area contributed by atoms with E-state index in [-0.39, 0.29) is 17.3 Å². The smallest absolute Gasteiger partial charge is 0.257 e. The largest absolute Gasteiger partial charge is 0.371 e. The van der Waals surface area contributed by atoms with E-state index in [1.807, 2.05) is 0 Å². The molecule has 2 atom stereocenters. The van der Waals surface area contributed by atoms with Crippen LogP contribution >= 0.6 is 0 Å². The monoisotopic (exact) mass is 263 g/mol. The van der Waals surface area contributed by atoms with Crippen molar-refractivity contribution in [2.75, 3.05) is 25.5 Å². The standard InChI is InChI=1S/C14H18FN3O/c1-16-13-12(15)11(5-6-17-13)14(19)18-7-9-3-2-4-10(9)8-18/h5-6,9-10H,2-4,7-8H2,1H3,(H,16,17). The molecule has 1 saturated carbocycles. The Balaban J connectivity index is 1.81. The summed E-state index contributed by atoms with van der Waals surface area (Å²) in [7, 11) is 1.60. The van der Waals surface area contributed by atoms with Gasteiger partial charge in [0.05, 0.1) is 5.56 Å². The average Bonchev–Trinajstić information content (AvgIpc) is 2.99. The molecule has 0 bridgehead atoms. The van der Waals surface area contributed by atoms with Gasteiger partial charge in [-0.25, -0.2) is 9.37 Å². The highest BCUT2D eigenvalue weighted by atomic mass is 19.1. The maximum atomic E-state index is 14.1. The molecule has 102 valence electrons. The van der Waals surface area contributed by atoms with Gasteiger partial charge in [0.25, 0.3) is 5.91 Å². The van der Waals surface area contributed by atoms with Crippen molar-refractivity contribution in [1.82, 2.24) is 9.88 Å². The Hall–Kier alpha value is -1.65. The maximum Gasteiger partial charge on any atom is 0.257 e. The van der Waals surface area contributed by atoms with E-state index >= 15 is 0 Å².